The van der Waals surface area contributed by atoms with E-state index >= 15 is 0 Å². The number of nitrogens with zero attached hydrogens (tertiary/aromatic N) is 3. The summed E-state index contributed by atoms with van der Waals surface area (Å²) >= 11 is 5.81. The van der Waals surface area contributed by atoms with Gasteiger partial charge in [-0.3, -0.25) is 0 Å². The van der Waals surface area contributed by atoms with Crippen LogP contribution in [0.5, 0.6) is 5.75 Å². The molecule has 4 nitrogen and oxygen atoms in total. The van der Waals surface area contributed by atoms with Gasteiger partial charge in [0, 0.05) is 0 Å². The molecule has 0 atom stereocenters. The van der Waals surface area contributed by atoms with Gasteiger partial charge < -0.3 is 4.74 Å². The highest BCUT2D eigenvalue weighted by atomic mass is 35.5. The fourth-order valence-corrected chi connectivity index (χ4v) is 1.59. The number of aromatic nitrogens is 2. The highest BCUT2D eigenvalue weighted by molar-refractivity contribution is 6.30. The molecule has 0 bridgehead atoms. The number of halogens is 1. The van der Waals surface area contributed by atoms with Crippen molar-refractivity contribution in [3.63, 3.8) is 0 Å². The summed E-state index contributed by atoms with van der Waals surface area (Å²) < 4.78 is 5.58. The van der Waals surface area contributed by atoms with Gasteiger partial charge in [-0.15, -0.1) is 0 Å². The average Bonchev–Trinajstić information content (AvgIpc) is 2.38. The first-order chi connectivity index (χ1) is 8.70. The summed E-state index contributed by atoms with van der Waals surface area (Å²) in [6.07, 6.45) is 1.39. The van der Waals surface area contributed by atoms with Crippen molar-refractivity contribution in [2.75, 3.05) is 0 Å². The molecule has 0 unspecified atom stereocenters. The predicted molar refractivity (Wildman–Crippen MR) is 67.3 cm³/mol. The number of hydrogen-bond acceptors (Lipinski definition) is 4. The lowest BCUT2D eigenvalue weighted by atomic mass is 10.2. The Kier molecular flexibility index (Phi) is 3.75. The maximum absolute atomic E-state index is 8.71. The van der Waals surface area contributed by atoms with Gasteiger partial charge in [-0.05, 0) is 18.6 Å². The fraction of sp³-hybridized carbons (Fsp3) is 0.154. The molecule has 0 aliphatic heterocycles. The van der Waals surface area contributed by atoms with E-state index in [4.69, 9.17) is 21.6 Å². The average molecular weight is 260 g/mol. The molecule has 5 heteroatoms. The molecule has 1 aromatic carbocycles. The summed E-state index contributed by atoms with van der Waals surface area (Å²) in [5, 5.41) is 8.86. The molecule has 90 valence electrons. The van der Waals surface area contributed by atoms with E-state index in [1.165, 1.54) is 6.20 Å². The minimum absolute atomic E-state index is 0.149. The summed E-state index contributed by atoms with van der Waals surface area (Å²) in [5.41, 5.74) is 1.30. The van der Waals surface area contributed by atoms with Crippen molar-refractivity contribution in [1.82, 2.24) is 9.97 Å². The second-order valence-electron chi connectivity index (χ2n) is 3.66. The number of benzene rings is 1. The number of ether oxygens (including phenoxy) is 1. The van der Waals surface area contributed by atoms with Crippen LogP contribution in [0, 0.1) is 18.3 Å². The van der Waals surface area contributed by atoms with E-state index in [0.717, 1.165) is 11.3 Å². The fourth-order valence-electron chi connectivity index (χ4n) is 1.40. The number of rotatable bonds is 3. The monoisotopic (exact) mass is 259 g/mol. The van der Waals surface area contributed by atoms with Gasteiger partial charge in [0.1, 0.15) is 24.0 Å². The first-order valence-corrected chi connectivity index (χ1v) is 5.68. The van der Waals surface area contributed by atoms with Crippen molar-refractivity contribution in [2.45, 2.75) is 13.5 Å². The SMILES string of the molecule is Cc1ccccc1OCc1ncc(C#N)c(Cl)n1. The van der Waals surface area contributed by atoms with Gasteiger partial charge in [-0.1, -0.05) is 29.8 Å². The van der Waals surface area contributed by atoms with Gasteiger partial charge in [0.15, 0.2) is 11.0 Å². The first-order valence-electron chi connectivity index (χ1n) is 5.30. The summed E-state index contributed by atoms with van der Waals surface area (Å²) in [5.74, 6) is 1.23. The standard InChI is InChI=1S/C13H10ClN3O/c1-9-4-2-3-5-11(9)18-8-12-16-7-10(6-15)13(14)17-12/h2-5,7H,8H2,1H3. The zero-order valence-electron chi connectivity index (χ0n) is 9.72. The molecule has 2 aromatic rings. The van der Waals surface area contributed by atoms with E-state index in [-0.39, 0.29) is 17.3 Å². The van der Waals surface area contributed by atoms with Crippen LogP contribution in [0.3, 0.4) is 0 Å². The van der Waals surface area contributed by atoms with Crippen molar-refractivity contribution in [1.29, 1.82) is 5.26 Å². The van der Waals surface area contributed by atoms with E-state index in [2.05, 4.69) is 9.97 Å². The number of aryl methyl sites for hydroxylation is 1. The summed E-state index contributed by atoms with van der Waals surface area (Å²) in [6, 6.07) is 9.58. The second kappa shape index (κ2) is 5.48. The lowest BCUT2D eigenvalue weighted by molar-refractivity contribution is 0.294. The normalized spacial score (nSPS) is 9.83. The van der Waals surface area contributed by atoms with Crippen molar-refractivity contribution in [2.24, 2.45) is 0 Å². The topological polar surface area (TPSA) is 58.8 Å². The minimum Gasteiger partial charge on any atom is -0.485 e. The second-order valence-corrected chi connectivity index (χ2v) is 4.01. The molecule has 0 saturated heterocycles. The van der Waals surface area contributed by atoms with Gasteiger partial charge in [0.05, 0.1) is 6.20 Å². The molecule has 1 aromatic heterocycles. The molecule has 0 radical (unpaired) electrons. The third-order valence-electron chi connectivity index (χ3n) is 2.36. The van der Waals surface area contributed by atoms with E-state index in [0.29, 0.717) is 5.82 Å². The van der Waals surface area contributed by atoms with Crippen LogP contribution in [-0.2, 0) is 6.61 Å². The molecular weight excluding hydrogens is 250 g/mol. The third kappa shape index (κ3) is 2.76. The molecular formula is C13H10ClN3O. The van der Waals surface area contributed by atoms with Crippen LogP contribution in [0.15, 0.2) is 30.5 Å². The van der Waals surface area contributed by atoms with E-state index in [1.54, 1.807) is 0 Å². The van der Waals surface area contributed by atoms with Gasteiger partial charge in [-0.2, -0.15) is 5.26 Å². The van der Waals surface area contributed by atoms with Crippen molar-refractivity contribution in [3.8, 4) is 11.8 Å². The molecule has 0 N–H and O–H groups in total. The third-order valence-corrected chi connectivity index (χ3v) is 2.65. The number of nitriles is 1. The van der Waals surface area contributed by atoms with Gasteiger partial charge in [-0.25, -0.2) is 9.97 Å². The Morgan fingerprint density at radius 3 is 2.83 bits per heavy atom. The Hall–Kier alpha value is -2.12. The van der Waals surface area contributed by atoms with Crippen LogP contribution >= 0.6 is 11.6 Å². The minimum atomic E-state index is 0.149. The molecule has 0 amide bonds. The van der Waals surface area contributed by atoms with Crippen LogP contribution in [0.1, 0.15) is 17.0 Å². The molecule has 0 aliphatic rings. The van der Waals surface area contributed by atoms with Crippen molar-refractivity contribution >= 4 is 11.6 Å². The van der Waals surface area contributed by atoms with E-state index in [1.807, 2.05) is 37.3 Å². The smallest absolute Gasteiger partial charge is 0.167 e. The Bertz CT molecular complexity index is 607. The summed E-state index contributed by atoms with van der Waals surface area (Å²) in [6.45, 7) is 2.18. The first kappa shape index (κ1) is 12.3. The number of hydrogen-bond donors (Lipinski definition) is 0. The Morgan fingerprint density at radius 1 is 1.39 bits per heavy atom. The lowest BCUT2D eigenvalue weighted by Crippen LogP contribution is -2.03. The van der Waals surface area contributed by atoms with Gasteiger partial charge in [0.2, 0.25) is 0 Å². The van der Waals surface area contributed by atoms with Crippen LogP contribution in [0.2, 0.25) is 5.15 Å². The number of para-hydroxylation sites is 1. The van der Waals surface area contributed by atoms with Crippen molar-refractivity contribution < 1.29 is 4.74 Å². The van der Waals surface area contributed by atoms with Crippen LogP contribution in [-0.4, -0.2) is 9.97 Å². The molecule has 0 spiro atoms. The predicted octanol–water partition coefficient (Wildman–Crippen LogP) is 2.89. The van der Waals surface area contributed by atoms with Gasteiger partial charge >= 0.3 is 0 Å². The molecule has 0 fully saturated rings. The van der Waals surface area contributed by atoms with E-state index < -0.39 is 0 Å². The Balaban J connectivity index is 2.10. The Labute approximate surface area is 110 Å². The zero-order chi connectivity index (χ0) is 13.0. The maximum atomic E-state index is 8.71. The zero-order valence-corrected chi connectivity index (χ0v) is 10.5. The van der Waals surface area contributed by atoms with E-state index in [9.17, 15) is 0 Å². The maximum Gasteiger partial charge on any atom is 0.167 e. The Morgan fingerprint density at radius 2 is 2.17 bits per heavy atom. The lowest BCUT2D eigenvalue weighted by Gasteiger charge is -2.07. The van der Waals surface area contributed by atoms with Crippen LogP contribution < -0.4 is 4.74 Å². The summed E-state index contributed by atoms with van der Waals surface area (Å²) in [4.78, 5) is 8.01. The molecule has 1 heterocycles. The van der Waals surface area contributed by atoms with Crippen LogP contribution in [0.4, 0.5) is 0 Å². The quantitative estimate of drug-likeness (QED) is 0.796. The largest absolute Gasteiger partial charge is 0.485 e. The molecule has 0 aliphatic carbocycles. The summed E-state index contributed by atoms with van der Waals surface area (Å²) in [7, 11) is 0. The van der Waals surface area contributed by atoms with Crippen molar-refractivity contribution in [3.05, 3.63) is 52.6 Å². The highest BCUT2D eigenvalue weighted by Crippen LogP contribution is 2.17. The van der Waals surface area contributed by atoms with Crippen LogP contribution in [0.25, 0.3) is 0 Å². The molecule has 0 saturated carbocycles. The van der Waals surface area contributed by atoms with Gasteiger partial charge in [0.25, 0.3) is 0 Å². The molecule has 2 rings (SSSR count). The molecule has 18 heavy (non-hydrogen) atoms. The highest BCUT2D eigenvalue weighted by Gasteiger charge is 2.05.